The van der Waals surface area contributed by atoms with Gasteiger partial charge in [0, 0.05) is 16.1 Å². The van der Waals surface area contributed by atoms with Gasteiger partial charge < -0.3 is 24.4 Å². The first-order valence-corrected chi connectivity index (χ1v) is 24.7. The second-order valence-electron chi connectivity index (χ2n) is 12.7. The fourth-order valence-corrected chi connectivity index (χ4v) is 5.54. The van der Waals surface area contributed by atoms with E-state index in [0.29, 0.717) is 44.7 Å². The van der Waals surface area contributed by atoms with Crippen molar-refractivity contribution >= 4 is 28.1 Å². The molecule has 0 aromatic heterocycles. The van der Waals surface area contributed by atoms with Gasteiger partial charge in [0.1, 0.15) is 0 Å². The molecule has 0 aromatic carbocycles. The van der Waals surface area contributed by atoms with Gasteiger partial charge in [0.05, 0.1) is 49.5 Å². The predicted molar refractivity (Wildman–Crippen MR) is 136 cm³/mol. The van der Waals surface area contributed by atoms with Crippen LogP contribution in [0.3, 0.4) is 0 Å². The Morgan fingerprint density at radius 1 is 0.711 bits per heavy atom. The molecule has 11 nitrogen and oxygen atoms in total. The van der Waals surface area contributed by atoms with Crippen LogP contribution in [-0.4, -0.2) is 75.9 Å². The number of aliphatic hydroxyl groups excluding tert-OH is 2. The van der Waals surface area contributed by atoms with Gasteiger partial charge in [-0.1, -0.05) is 39.3 Å². The minimum atomic E-state index is -6.06. The standard InChI is InChI=1S/C12H24O4Si.C12H22O3Si.4O.Os/c1-17(2,3)7-6-16-12(15)9-4-5-10(13)11(14)8-9;1-16(2,3)7-6-14-12(13)9-4-5-10-11(8-9)15-10;;;;;/h9-11,13-14H,4-8H2,1-3H3;9-11H,4-8H2,1-3H3;;;;;/t9?,10-,11+;;;;;;/m1....../s1. The first kappa shape index (κ1) is 35.1. The average Bonchev–Trinajstić information content (AvgIpc) is 3.52. The first-order valence-electron chi connectivity index (χ1n) is 13.2. The maximum absolute atomic E-state index is 11.8. The summed E-state index contributed by atoms with van der Waals surface area (Å²) < 4.78 is 50.6. The number of carbonyl (C=O) groups is 2. The van der Waals surface area contributed by atoms with Crippen molar-refractivity contribution in [2.24, 2.45) is 11.8 Å². The van der Waals surface area contributed by atoms with Gasteiger partial charge in [-0.3, -0.25) is 9.59 Å². The van der Waals surface area contributed by atoms with E-state index in [4.69, 9.17) is 28.4 Å². The van der Waals surface area contributed by atoms with E-state index in [1.54, 1.807) is 0 Å². The van der Waals surface area contributed by atoms with E-state index < -0.39 is 43.2 Å². The van der Waals surface area contributed by atoms with Crippen LogP contribution in [0.4, 0.5) is 0 Å². The van der Waals surface area contributed by atoms with Crippen LogP contribution in [0.5, 0.6) is 0 Å². The molecule has 0 bridgehead atoms. The van der Waals surface area contributed by atoms with E-state index in [0.717, 1.165) is 31.4 Å². The van der Waals surface area contributed by atoms with Crippen LogP contribution in [0.25, 0.3) is 0 Å². The second-order valence-corrected chi connectivity index (χ2v) is 26.5. The van der Waals surface area contributed by atoms with Crippen molar-refractivity contribution in [2.75, 3.05) is 13.2 Å². The molecule has 3 fully saturated rings. The summed E-state index contributed by atoms with van der Waals surface area (Å²) >= 11 is -6.06. The predicted octanol–water partition coefficient (Wildman–Crippen LogP) is 3.35. The van der Waals surface area contributed by atoms with Crippen LogP contribution in [-0.2, 0) is 52.8 Å². The zero-order valence-corrected chi connectivity index (χ0v) is 28.0. The van der Waals surface area contributed by atoms with Gasteiger partial charge in [-0.25, -0.2) is 0 Å². The molecule has 1 heterocycles. The molecule has 224 valence electrons. The molecule has 0 aromatic rings. The van der Waals surface area contributed by atoms with Crippen LogP contribution in [0.2, 0.25) is 51.4 Å². The third-order valence-electron chi connectivity index (χ3n) is 6.64. The Balaban J connectivity index is 0.000000324. The van der Waals surface area contributed by atoms with E-state index in [9.17, 15) is 19.8 Å². The van der Waals surface area contributed by atoms with Crippen molar-refractivity contribution in [2.45, 2.75) is 114 Å². The van der Waals surface area contributed by atoms with Crippen molar-refractivity contribution in [3.63, 3.8) is 0 Å². The molecule has 1 aliphatic heterocycles. The zero-order chi connectivity index (χ0) is 29.3. The second kappa shape index (κ2) is 15.2. The Morgan fingerprint density at radius 2 is 1.13 bits per heavy atom. The van der Waals surface area contributed by atoms with Gasteiger partial charge in [0.15, 0.2) is 0 Å². The molecule has 0 spiro atoms. The minimum absolute atomic E-state index is 0.00667. The number of fused-ring (bicyclic) bond motifs is 1. The fraction of sp³-hybridized carbons (Fsp3) is 0.917. The summed E-state index contributed by atoms with van der Waals surface area (Å²) in [6, 6.07) is 2.03. The average molecular weight is 757 g/mol. The van der Waals surface area contributed by atoms with E-state index in [-0.39, 0.29) is 23.8 Å². The van der Waals surface area contributed by atoms with E-state index in [1.807, 2.05) is 0 Å². The summed E-state index contributed by atoms with van der Waals surface area (Å²) in [5, 5.41) is 18.9. The van der Waals surface area contributed by atoms with Gasteiger partial charge in [-0.2, -0.15) is 0 Å². The molecule has 0 radical (unpaired) electrons. The van der Waals surface area contributed by atoms with Crippen molar-refractivity contribution in [1.82, 2.24) is 0 Å². The number of ether oxygens (including phenoxy) is 3. The Hall–Kier alpha value is -0.910. The molecule has 2 N–H and O–H groups in total. The molecule has 0 amide bonds. The topological polar surface area (TPSA) is 174 Å². The maximum atomic E-state index is 11.8. The third-order valence-corrected chi connectivity index (χ3v) is 10.1. The summed E-state index contributed by atoms with van der Waals surface area (Å²) in [7, 11) is -2.25. The summed E-state index contributed by atoms with van der Waals surface area (Å²) in [6.45, 7) is 14.7. The molecule has 38 heavy (non-hydrogen) atoms. The molecule has 3 rings (SSSR count). The van der Waals surface area contributed by atoms with Crippen LogP contribution < -0.4 is 0 Å². The van der Waals surface area contributed by atoms with Crippen molar-refractivity contribution in [3.05, 3.63) is 0 Å². The third kappa shape index (κ3) is 16.9. The number of esters is 2. The Morgan fingerprint density at radius 3 is 1.53 bits per heavy atom. The molecule has 2 saturated carbocycles. The first-order chi connectivity index (χ1) is 17.2. The molecule has 4 unspecified atom stereocenters. The van der Waals surface area contributed by atoms with Gasteiger partial charge >= 0.3 is 40.9 Å². The number of rotatable bonds is 8. The number of aliphatic hydroxyl groups is 2. The molecule has 6 atom stereocenters. The zero-order valence-electron chi connectivity index (χ0n) is 23.5. The SMILES string of the molecule is C[Si](C)(C)CCOC(=O)C1CCC2OC2C1.C[Si](C)(C)CCOC(=O)C1CC[C@@H](O)[C@@H](O)C1.[O]=[Os](=[O])(=[O])=[O]. The van der Waals surface area contributed by atoms with Gasteiger partial charge in [0.2, 0.25) is 0 Å². The van der Waals surface area contributed by atoms with Gasteiger partial charge in [0.25, 0.3) is 0 Å². The van der Waals surface area contributed by atoms with E-state index in [2.05, 4.69) is 39.3 Å². The van der Waals surface area contributed by atoms with Crippen LogP contribution in [0.15, 0.2) is 0 Å². The van der Waals surface area contributed by atoms with Crippen LogP contribution in [0, 0.1) is 11.8 Å². The quantitative estimate of drug-likeness (QED) is 0.211. The van der Waals surface area contributed by atoms with Gasteiger partial charge in [-0.05, 0) is 50.6 Å². The summed E-state index contributed by atoms with van der Waals surface area (Å²) in [5.74, 6) is -0.346. The monoisotopic (exact) mass is 758 g/mol. The normalized spacial score (nSPS) is 28.8. The van der Waals surface area contributed by atoms with Crippen molar-refractivity contribution in [1.29, 1.82) is 0 Å². The summed E-state index contributed by atoms with van der Waals surface area (Å²) in [4.78, 5) is 23.5. The Bertz CT molecular complexity index is 963. The van der Waals surface area contributed by atoms with E-state index >= 15 is 0 Å². The van der Waals surface area contributed by atoms with Crippen molar-refractivity contribution < 1.29 is 63.0 Å². The summed E-state index contributed by atoms with van der Waals surface area (Å²) in [6.07, 6.45) is 3.67. The molecule has 14 heteroatoms. The van der Waals surface area contributed by atoms with E-state index in [1.165, 1.54) is 0 Å². The van der Waals surface area contributed by atoms with Crippen LogP contribution in [0.1, 0.15) is 38.5 Å². The Kier molecular flexibility index (Phi) is 14.0. The molecule has 2 aliphatic carbocycles. The molecule has 3 aliphatic rings. The van der Waals surface area contributed by atoms with Crippen LogP contribution >= 0.6 is 0 Å². The van der Waals surface area contributed by atoms with Crippen molar-refractivity contribution in [3.8, 4) is 0 Å². The summed E-state index contributed by atoms with van der Waals surface area (Å²) in [5.41, 5.74) is 0. The number of hydrogen-bond acceptors (Lipinski definition) is 11. The molecular weight excluding hydrogens is 711 g/mol. The Labute approximate surface area is 230 Å². The number of carbonyl (C=O) groups excluding carboxylic acids is 2. The molecule has 1 saturated heterocycles. The number of epoxide rings is 1. The molecular formula is C24H46O11OsSi2. The van der Waals surface area contributed by atoms with Gasteiger partial charge in [-0.15, -0.1) is 0 Å². The number of hydrogen-bond donors (Lipinski definition) is 2. The fourth-order valence-electron chi connectivity index (χ4n) is 4.11.